The van der Waals surface area contributed by atoms with Crippen LogP contribution in [0.3, 0.4) is 0 Å². The molecule has 0 bridgehead atoms. The van der Waals surface area contributed by atoms with E-state index in [4.69, 9.17) is 4.42 Å². The first-order chi connectivity index (χ1) is 21.3. The van der Waals surface area contributed by atoms with Crippen molar-refractivity contribution < 1.29 is 43.7 Å². The van der Waals surface area contributed by atoms with Crippen LogP contribution in [-0.4, -0.2) is 25.2 Å². The van der Waals surface area contributed by atoms with Crippen LogP contribution in [0.25, 0.3) is 21.9 Å². The van der Waals surface area contributed by atoms with Gasteiger partial charge in [-0.15, -0.1) is 0 Å². The minimum absolute atomic E-state index is 0.0868. The van der Waals surface area contributed by atoms with Gasteiger partial charge in [-0.3, -0.25) is 4.79 Å². The number of thiol groups is 1. The number of carbonyl (C=O) groups excluding carboxylic acids is 1. The van der Waals surface area contributed by atoms with Crippen molar-refractivity contribution in [2.45, 2.75) is 9.79 Å². The third-order valence-electron chi connectivity index (χ3n) is 6.33. The molecular weight excluding hydrogens is 622 g/mol. The van der Waals surface area contributed by atoms with E-state index in [0.29, 0.717) is 0 Å². The zero-order valence-corrected chi connectivity index (χ0v) is 24.1. The van der Waals surface area contributed by atoms with E-state index in [1.54, 1.807) is 0 Å². The third-order valence-corrected chi connectivity index (χ3v) is 8.96. The summed E-state index contributed by atoms with van der Waals surface area (Å²) in [4.78, 5) is 16.5. The average molecular weight is 646 g/mol. The lowest BCUT2D eigenvalue weighted by Gasteiger charge is -2.23. The van der Waals surface area contributed by atoms with Crippen molar-refractivity contribution >= 4 is 57.6 Å². The van der Waals surface area contributed by atoms with Crippen molar-refractivity contribution in [3.05, 3.63) is 139 Å². The first kappa shape index (κ1) is 33.4. The normalized spacial score (nSPS) is 16.7. The number of fused-ring (bicyclic) bond motifs is 4. The fourth-order valence-electron chi connectivity index (χ4n) is 4.69. The summed E-state index contributed by atoms with van der Waals surface area (Å²) in [6.45, 7) is 0. The van der Waals surface area contributed by atoms with Crippen molar-refractivity contribution in [2.75, 3.05) is 0 Å². The SMILES string of the molecule is F[B-](F)(F)F.F[B-](F)(F)F.O=C1c2ccccc2[SH+](c2ccccc2)=C2C=CC=CC12.c1ccc2[o+]c3ccccc3cc2c1. The van der Waals surface area contributed by atoms with E-state index in [2.05, 4.69) is 54.6 Å². The summed E-state index contributed by atoms with van der Waals surface area (Å²) >= 11 is 0. The van der Waals surface area contributed by atoms with Crippen LogP contribution in [0.2, 0.25) is 0 Å². The van der Waals surface area contributed by atoms with E-state index in [0.717, 1.165) is 27.5 Å². The highest BCUT2D eigenvalue weighted by molar-refractivity contribution is 7.97. The Morgan fingerprint density at radius 2 is 1.09 bits per heavy atom. The van der Waals surface area contributed by atoms with Gasteiger partial charge in [-0.1, -0.05) is 83.3 Å². The number of carbonyl (C=O) groups is 1. The van der Waals surface area contributed by atoms with Gasteiger partial charge in [0.05, 0.1) is 16.3 Å². The Morgan fingerprint density at radius 1 is 0.600 bits per heavy atom. The Hall–Kier alpha value is -4.51. The fourth-order valence-corrected chi connectivity index (χ4v) is 7.39. The number of ketones is 1. The van der Waals surface area contributed by atoms with Gasteiger partial charge in [0.2, 0.25) is 0 Å². The number of Topliss-reactive ketones (excluding diaryl/α,β-unsaturated/α-hetero) is 1. The van der Waals surface area contributed by atoms with E-state index < -0.39 is 25.0 Å². The second kappa shape index (κ2) is 14.5. The van der Waals surface area contributed by atoms with Crippen LogP contribution in [0.1, 0.15) is 10.4 Å². The molecule has 2 unspecified atom stereocenters. The first-order valence-corrected chi connectivity index (χ1v) is 14.8. The molecule has 13 heteroatoms. The predicted octanol–water partition coefficient (Wildman–Crippen LogP) is 10.0. The topological polar surface area (TPSA) is 28.4 Å². The smallest absolute Gasteiger partial charge is 0.418 e. The van der Waals surface area contributed by atoms with Crippen LogP contribution in [0, 0.1) is 5.92 Å². The maximum absolute atomic E-state index is 12.7. The van der Waals surface area contributed by atoms with Gasteiger partial charge in [0.25, 0.3) is 0 Å². The van der Waals surface area contributed by atoms with Gasteiger partial charge < -0.3 is 34.5 Å². The molecular formula is C32H24B2F8O2S. The first-order valence-electron chi connectivity index (χ1n) is 13.4. The van der Waals surface area contributed by atoms with Crippen LogP contribution in [-0.2, 0) is 10.5 Å². The van der Waals surface area contributed by atoms with Crippen molar-refractivity contribution in [1.82, 2.24) is 0 Å². The van der Waals surface area contributed by atoms with E-state index in [-0.39, 0.29) is 11.7 Å². The van der Waals surface area contributed by atoms with Crippen LogP contribution >= 0.6 is 0 Å². The standard InChI is InChI=1S/C19H14OS.C13H9O.2BF4/c20-19-15-10-4-6-12-17(15)21(14-8-2-1-3-9-14)18-13-7-5-11-16(18)19;1-3-7-12-10(5-1)9-11-6-2-4-8-13(11)14-12;2*2-1(3,4)5/h1-13,15H;1-9H;;/q;+1;2*-1/p+1. The highest BCUT2D eigenvalue weighted by atomic mass is 32.2. The summed E-state index contributed by atoms with van der Waals surface area (Å²) in [7, 11) is -12.6. The van der Waals surface area contributed by atoms with Crippen molar-refractivity contribution in [2.24, 2.45) is 5.92 Å². The van der Waals surface area contributed by atoms with E-state index in [9.17, 15) is 39.3 Å². The maximum Gasteiger partial charge on any atom is 0.673 e. The number of para-hydroxylation sites is 2. The molecule has 0 fully saturated rings. The molecule has 5 aromatic rings. The van der Waals surface area contributed by atoms with Crippen molar-refractivity contribution in [1.29, 1.82) is 0 Å². The summed E-state index contributed by atoms with van der Waals surface area (Å²) in [6.07, 6.45) is 8.20. The predicted molar refractivity (Wildman–Crippen MR) is 168 cm³/mol. The highest BCUT2D eigenvalue weighted by Gasteiger charge is 2.37. The zero-order valence-electron chi connectivity index (χ0n) is 23.2. The van der Waals surface area contributed by atoms with Crippen molar-refractivity contribution in [3.8, 4) is 0 Å². The molecule has 0 saturated heterocycles. The summed E-state index contributed by atoms with van der Waals surface area (Å²) in [5.74, 6) is 0.145. The van der Waals surface area contributed by atoms with Crippen LogP contribution < -0.4 is 0 Å². The van der Waals surface area contributed by atoms with Gasteiger partial charge in [0.1, 0.15) is 20.6 Å². The summed E-state index contributed by atoms with van der Waals surface area (Å²) < 4.78 is 83.7. The second-order valence-corrected chi connectivity index (χ2v) is 11.7. The molecule has 2 heterocycles. The minimum atomic E-state index is -6.00. The lowest BCUT2D eigenvalue weighted by Crippen LogP contribution is -2.31. The van der Waals surface area contributed by atoms with Crippen molar-refractivity contribution in [3.63, 3.8) is 0 Å². The molecule has 4 aromatic carbocycles. The van der Waals surface area contributed by atoms with E-state index in [1.165, 1.54) is 14.7 Å². The number of hydrogen-bond acceptors (Lipinski definition) is 1. The summed E-state index contributed by atoms with van der Waals surface area (Å²) in [6, 6.07) is 36.9. The van der Waals surface area contributed by atoms with Crippen LogP contribution in [0.5, 0.6) is 0 Å². The molecule has 1 aliphatic heterocycles. The molecule has 1 aromatic heterocycles. The lowest BCUT2D eigenvalue weighted by atomic mass is 9.91. The zero-order chi connectivity index (χ0) is 32.6. The Morgan fingerprint density at radius 3 is 1.67 bits per heavy atom. The van der Waals surface area contributed by atoms with Gasteiger partial charge in [-0.2, -0.15) is 0 Å². The maximum atomic E-state index is 12.7. The van der Waals surface area contributed by atoms with Gasteiger partial charge in [0, 0.05) is 12.1 Å². The second-order valence-electron chi connectivity index (χ2n) is 9.51. The number of hydrogen-bond donors (Lipinski definition) is 0. The number of allylic oxidation sites excluding steroid dienone is 4. The molecule has 0 spiro atoms. The summed E-state index contributed by atoms with van der Waals surface area (Å²) in [5, 5.41) is 2.29. The molecule has 2 aliphatic rings. The molecule has 2 atom stereocenters. The molecule has 1 aliphatic carbocycles. The molecule has 232 valence electrons. The van der Waals surface area contributed by atoms with Gasteiger partial charge in [-0.05, 0) is 48.5 Å². The van der Waals surface area contributed by atoms with Crippen LogP contribution in [0.4, 0.5) is 34.5 Å². The molecule has 0 amide bonds. The molecule has 0 radical (unpaired) electrons. The molecule has 7 rings (SSSR count). The molecule has 2 nitrogen and oxygen atoms in total. The third kappa shape index (κ3) is 9.74. The van der Waals surface area contributed by atoms with Gasteiger partial charge >= 0.3 is 25.7 Å². The Labute approximate surface area is 255 Å². The molecule has 0 saturated carbocycles. The number of rotatable bonds is 1. The molecule has 45 heavy (non-hydrogen) atoms. The lowest BCUT2D eigenvalue weighted by molar-refractivity contribution is 0.0969. The van der Waals surface area contributed by atoms with Gasteiger partial charge in [-0.25, -0.2) is 4.42 Å². The highest BCUT2D eigenvalue weighted by Crippen LogP contribution is 2.33. The monoisotopic (exact) mass is 646 g/mol. The number of halogens is 8. The fraction of sp³-hybridized carbons (Fsp3) is 0.0312. The quantitative estimate of drug-likeness (QED) is 0.0453. The Bertz CT molecular complexity index is 1760. The summed E-state index contributed by atoms with van der Waals surface area (Å²) in [5.41, 5.74) is 2.76. The Kier molecular flexibility index (Phi) is 10.8. The van der Waals surface area contributed by atoms with Crippen LogP contribution in [0.15, 0.2) is 148 Å². The molecule has 0 N–H and O–H groups in total. The van der Waals surface area contributed by atoms with E-state index >= 15 is 0 Å². The Balaban J connectivity index is 0.000000165. The minimum Gasteiger partial charge on any atom is -0.418 e. The van der Waals surface area contributed by atoms with E-state index in [1.807, 2.05) is 78.9 Å². The van der Waals surface area contributed by atoms with Gasteiger partial charge in [0.15, 0.2) is 5.78 Å². The largest absolute Gasteiger partial charge is 0.673 e. The number of benzene rings is 4. The average Bonchev–Trinajstić information content (AvgIpc) is 2.99.